The van der Waals surface area contributed by atoms with Crippen molar-refractivity contribution in [1.82, 2.24) is 9.78 Å². The number of aryl methyl sites for hydroxylation is 1. The van der Waals surface area contributed by atoms with E-state index in [1.54, 1.807) is 17.9 Å². The molecule has 2 rings (SSSR count). The largest absolute Gasteiger partial charge is 0.496 e. The Kier molecular flexibility index (Phi) is 2.98. The second-order valence-corrected chi connectivity index (χ2v) is 4.26. The highest BCUT2D eigenvalue weighted by atomic mass is 35.5. The Bertz CT molecular complexity index is 563. The maximum atomic E-state index is 6.00. The van der Waals surface area contributed by atoms with Crippen LogP contribution in [0.3, 0.4) is 0 Å². The summed E-state index contributed by atoms with van der Waals surface area (Å²) < 4.78 is 6.95. The highest BCUT2D eigenvalue weighted by Crippen LogP contribution is 2.34. The van der Waals surface area contributed by atoms with Crippen LogP contribution >= 0.6 is 11.6 Å². The number of hydrogen-bond acceptors (Lipinski definition) is 3. The summed E-state index contributed by atoms with van der Waals surface area (Å²) in [7, 11) is 3.43. The fourth-order valence-electron chi connectivity index (χ4n) is 1.76. The second kappa shape index (κ2) is 4.30. The molecular formula is C12H14ClN3O. The molecule has 1 aromatic carbocycles. The van der Waals surface area contributed by atoms with Gasteiger partial charge >= 0.3 is 0 Å². The lowest BCUT2D eigenvalue weighted by molar-refractivity contribution is 0.416. The van der Waals surface area contributed by atoms with Gasteiger partial charge in [0.25, 0.3) is 0 Å². The Balaban J connectivity index is 2.67. The number of nitrogens with zero attached hydrogens (tertiary/aromatic N) is 2. The van der Waals surface area contributed by atoms with E-state index in [9.17, 15) is 0 Å². The maximum Gasteiger partial charge on any atom is 0.128 e. The zero-order chi connectivity index (χ0) is 12.6. The molecule has 17 heavy (non-hydrogen) atoms. The third-order valence-electron chi connectivity index (χ3n) is 2.75. The van der Waals surface area contributed by atoms with Gasteiger partial charge in [0.1, 0.15) is 17.3 Å². The van der Waals surface area contributed by atoms with Gasteiger partial charge in [0.15, 0.2) is 0 Å². The lowest BCUT2D eigenvalue weighted by Gasteiger charge is -2.07. The first kappa shape index (κ1) is 11.8. The molecule has 0 saturated carbocycles. The van der Waals surface area contributed by atoms with Gasteiger partial charge in [-0.2, -0.15) is 5.10 Å². The minimum absolute atomic E-state index is 0.641. The Morgan fingerprint density at radius 3 is 2.65 bits per heavy atom. The normalized spacial score (nSPS) is 10.6. The van der Waals surface area contributed by atoms with Crippen molar-refractivity contribution in [3.8, 4) is 17.0 Å². The van der Waals surface area contributed by atoms with Crippen molar-refractivity contribution in [2.75, 3.05) is 12.8 Å². The topological polar surface area (TPSA) is 53.1 Å². The van der Waals surface area contributed by atoms with Crippen molar-refractivity contribution in [3.05, 3.63) is 28.8 Å². The number of benzene rings is 1. The number of methoxy groups -OCH3 is 1. The van der Waals surface area contributed by atoms with E-state index in [0.29, 0.717) is 10.8 Å². The standard InChI is InChI=1S/C12H14ClN3O/c1-7-11(15-16(2)12(7)14)9-6-8(13)4-5-10(9)17-3/h4-6H,14H2,1-3H3. The number of anilines is 1. The van der Waals surface area contributed by atoms with Crippen molar-refractivity contribution in [1.29, 1.82) is 0 Å². The molecule has 4 nitrogen and oxygen atoms in total. The van der Waals surface area contributed by atoms with Crippen LogP contribution in [-0.2, 0) is 7.05 Å². The van der Waals surface area contributed by atoms with Gasteiger partial charge in [0.2, 0.25) is 0 Å². The third kappa shape index (κ3) is 1.96. The Hall–Kier alpha value is -1.68. The van der Waals surface area contributed by atoms with Gasteiger partial charge in [-0.15, -0.1) is 0 Å². The van der Waals surface area contributed by atoms with Gasteiger partial charge in [0, 0.05) is 23.2 Å². The van der Waals surface area contributed by atoms with Gasteiger partial charge in [-0.3, -0.25) is 4.68 Å². The summed E-state index contributed by atoms with van der Waals surface area (Å²) in [6.07, 6.45) is 0. The van der Waals surface area contributed by atoms with Gasteiger partial charge in [-0.1, -0.05) is 11.6 Å². The quantitative estimate of drug-likeness (QED) is 0.893. The molecule has 2 N–H and O–H groups in total. The van der Waals surface area contributed by atoms with E-state index in [1.165, 1.54) is 0 Å². The summed E-state index contributed by atoms with van der Waals surface area (Å²) >= 11 is 6.00. The van der Waals surface area contributed by atoms with E-state index < -0.39 is 0 Å². The molecule has 2 aromatic rings. The number of nitrogens with two attached hydrogens (primary N) is 1. The Labute approximate surface area is 105 Å². The highest BCUT2D eigenvalue weighted by molar-refractivity contribution is 6.31. The van der Waals surface area contributed by atoms with Crippen LogP contribution in [0.1, 0.15) is 5.56 Å². The lowest BCUT2D eigenvalue weighted by atomic mass is 10.1. The number of halogens is 1. The van der Waals surface area contributed by atoms with Crippen LogP contribution < -0.4 is 10.5 Å². The fraction of sp³-hybridized carbons (Fsp3) is 0.250. The molecule has 0 spiro atoms. The van der Waals surface area contributed by atoms with Crippen LogP contribution in [0, 0.1) is 6.92 Å². The number of hydrogen-bond donors (Lipinski definition) is 1. The zero-order valence-electron chi connectivity index (χ0n) is 9.99. The van der Waals surface area contributed by atoms with E-state index >= 15 is 0 Å². The monoisotopic (exact) mass is 251 g/mol. The maximum absolute atomic E-state index is 6.00. The summed E-state index contributed by atoms with van der Waals surface area (Å²) in [5.74, 6) is 1.37. The summed E-state index contributed by atoms with van der Waals surface area (Å²) in [5.41, 5.74) is 8.47. The Morgan fingerprint density at radius 2 is 2.12 bits per heavy atom. The van der Waals surface area contributed by atoms with Crippen LogP contribution in [0.4, 0.5) is 5.82 Å². The van der Waals surface area contributed by atoms with Gasteiger partial charge in [0.05, 0.1) is 7.11 Å². The van der Waals surface area contributed by atoms with Crippen molar-refractivity contribution < 1.29 is 4.74 Å². The first-order valence-electron chi connectivity index (χ1n) is 5.17. The molecule has 0 saturated heterocycles. The number of aromatic nitrogens is 2. The molecule has 5 heteroatoms. The average Bonchev–Trinajstić information content (AvgIpc) is 2.57. The molecule has 90 valence electrons. The molecule has 0 aliphatic carbocycles. The fourth-order valence-corrected chi connectivity index (χ4v) is 1.94. The van der Waals surface area contributed by atoms with Crippen molar-refractivity contribution in [2.24, 2.45) is 7.05 Å². The third-order valence-corrected chi connectivity index (χ3v) is 2.99. The van der Waals surface area contributed by atoms with E-state index in [1.807, 2.05) is 26.1 Å². The van der Waals surface area contributed by atoms with Gasteiger partial charge in [-0.05, 0) is 25.1 Å². The highest BCUT2D eigenvalue weighted by Gasteiger charge is 2.15. The molecular weight excluding hydrogens is 238 g/mol. The molecule has 0 unspecified atom stereocenters. The minimum Gasteiger partial charge on any atom is -0.496 e. The van der Waals surface area contributed by atoms with Gasteiger partial charge in [-0.25, -0.2) is 0 Å². The molecule has 0 fully saturated rings. The van der Waals surface area contributed by atoms with Crippen LogP contribution in [-0.4, -0.2) is 16.9 Å². The van der Waals surface area contributed by atoms with E-state index in [2.05, 4.69) is 5.10 Å². The van der Waals surface area contributed by atoms with Crippen LogP contribution in [0.25, 0.3) is 11.3 Å². The van der Waals surface area contributed by atoms with Crippen LogP contribution in [0.2, 0.25) is 5.02 Å². The van der Waals surface area contributed by atoms with Crippen molar-refractivity contribution in [3.63, 3.8) is 0 Å². The first-order valence-corrected chi connectivity index (χ1v) is 5.55. The second-order valence-electron chi connectivity index (χ2n) is 3.83. The molecule has 0 radical (unpaired) electrons. The number of rotatable bonds is 2. The smallest absolute Gasteiger partial charge is 0.128 e. The van der Waals surface area contributed by atoms with E-state index in [-0.39, 0.29) is 0 Å². The molecule has 0 aliphatic heterocycles. The van der Waals surface area contributed by atoms with Crippen molar-refractivity contribution in [2.45, 2.75) is 6.92 Å². The number of nitrogen functional groups attached to an aromatic ring is 1. The first-order chi connectivity index (χ1) is 8.04. The molecule has 1 heterocycles. The predicted octanol–water partition coefficient (Wildman–Crippen LogP) is 2.64. The van der Waals surface area contributed by atoms with Crippen molar-refractivity contribution >= 4 is 17.4 Å². The molecule has 0 atom stereocenters. The van der Waals surface area contributed by atoms with Crippen LogP contribution in [0.15, 0.2) is 18.2 Å². The molecule has 1 aromatic heterocycles. The van der Waals surface area contributed by atoms with E-state index in [0.717, 1.165) is 22.6 Å². The molecule has 0 amide bonds. The summed E-state index contributed by atoms with van der Waals surface area (Å²) in [6, 6.07) is 5.43. The summed E-state index contributed by atoms with van der Waals surface area (Å²) in [5, 5.41) is 5.03. The average molecular weight is 252 g/mol. The summed E-state index contributed by atoms with van der Waals surface area (Å²) in [6.45, 7) is 1.93. The summed E-state index contributed by atoms with van der Waals surface area (Å²) in [4.78, 5) is 0. The number of ether oxygens (including phenoxy) is 1. The lowest BCUT2D eigenvalue weighted by Crippen LogP contribution is -1.97. The Morgan fingerprint density at radius 1 is 1.41 bits per heavy atom. The predicted molar refractivity (Wildman–Crippen MR) is 69.4 cm³/mol. The van der Waals surface area contributed by atoms with E-state index in [4.69, 9.17) is 22.1 Å². The molecule has 0 bridgehead atoms. The van der Waals surface area contributed by atoms with Gasteiger partial charge < -0.3 is 10.5 Å². The zero-order valence-corrected chi connectivity index (χ0v) is 10.7. The van der Waals surface area contributed by atoms with Crippen LogP contribution in [0.5, 0.6) is 5.75 Å². The molecule has 0 aliphatic rings. The minimum atomic E-state index is 0.641. The SMILES string of the molecule is COc1ccc(Cl)cc1-c1nn(C)c(N)c1C.